The lowest BCUT2D eigenvalue weighted by Crippen LogP contribution is -2.42. The van der Waals surface area contributed by atoms with Crippen molar-refractivity contribution in [2.75, 3.05) is 12.1 Å². The van der Waals surface area contributed by atoms with Crippen LogP contribution in [0.5, 0.6) is 11.5 Å². The SMILES string of the molecule is CC(C)NC(=O)C1(C(=O)Nc2ccc3c(c2)OCO3)CC1. The van der Waals surface area contributed by atoms with Crippen molar-refractivity contribution in [3.05, 3.63) is 18.2 Å². The van der Waals surface area contributed by atoms with Crippen LogP contribution in [0, 0.1) is 5.41 Å². The summed E-state index contributed by atoms with van der Waals surface area (Å²) >= 11 is 0. The summed E-state index contributed by atoms with van der Waals surface area (Å²) in [7, 11) is 0. The molecule has 21 heavy (non-hydrogen) atoms. The summed E-state index contributed by atoms with van der Waals surface area (Å²) in [6.45, 7) is 3.95. The Balaban J connectivity index is 1.70. The number of benzene rings is 1. The highest BCUT2D eigenvalue weighted by molar-refractivity contribution is 6.13. The Hall–Kier alpha value is -2.24. The van der Waals surface area contributed by atoms with Gasteiger partial charge in [-0.1, -0.05) is 0 Å². The van der Waals surface area contributed by atoms with E-state index in [2.05, 4.69) is 10.6 Å². The second kappa shape index (κ2) is 4.95. The number of amides is 2. The molecule has 0 radical (unpaired) electrons. The number of anilines is 1. The van der Waals surface area contributed by atoms with Crippen molar-refractivity contribution in [3.8, 4) is 11.5 Å². The van der Waals surface area contributed by atoms with E-state index in [-0.39, 0.29) is 24.6 Å². The van der Waals surface area contributed by atoms with Crippen molar-refractivity contribution in [3.63, 3.8) is 0 Å². The largest absolute Gasteiger partial charge is 0.454 e. The molecule has 0 bridgehead atoms. The van der Waals surface area contributed by atoms with Crippen LogP contribution in [0.15, 0.2) is 18.2 Å². The van der Waals surface area contributed by atoms with E-state index in [1.54, 1.807) is 18.2 Å². The molecule has 6 nitrogen and oxygen atoms in total. The lowest BCUT2D eigenvalue weighted by Gasteiger charge is -2.17. The molecule has 1 aromatic rings. The van der Waals surface area contributed by atoms with Gasteiger partial charge in [0.1, 0.15) is 5.41 Å². The van der Waals surface area contributed by atoms with Crippen LogP contribution in [-0.2, 0) is 9.59 Å². The molecule has 1 aliphatic carbocycles. The Kier molecular flexibility index (Phi) is 3.23. The number of carbonyl (C=O) groups is 2. The second-order valence-electron chi connectivity index (χ2n) is 5.73. The molecule has 0 saturated heterocycles. The van der Waals surface area contributed by atoms with Crippen molar-refractivity contribution in [1.29, 1.82) is 0 Å². The summed E-state index contributed by atoms with van der Waals surface area (Å²) < 4.78 is 10.5. The van der Waals surface area contributed by atoms with Crippen molar-refractivity contribution in [1.82, 2.24) is 5.32 Å². The maximum Gasteiger partial charge on any atom is 0.240 e. The molecular formula is C15H18N2O4. The molecule has 0 spiro atoms. The van der Waals surface area contributed by atoms with Gasteiger partial charge < -0.3 is 20.1 Å². The first-order valence-corrected chi connectivity index (χ1v) is 7.03. The lowest BCUT2D eigenvalue weighted by molar-refractivity contribution is -0.134. The Labute approximate surface area is 122 Å². The molecular weight excluding hydrogens is 272 g/mol. The van der Waals surface area contributed by atoms with Crippen LogP contribution in [0.2, 0.25) is 0 Å². The fourth-order valence-electron chi connectivity index (χ4n) is 2.31. The monoisotopic (exact) mass is 290 g/mol. The summed E-state index contributed by atoms with van der Waals surface area (Å²) in [5, 5.41) is 5.60. The molecule has 3 rings (SSSR count). The van der Waals surface area contributed by atoms with Gasteiger partial charge in [-0.15, -0.1) is 0 Å². The van der Waals surface area contributed by atoms with E-state index in [9.17, 15) is 9.59 Å². The predicted octanol–water partition coefficient (Wildman–Crippen LogP) is 1.66. The Morgan fingerprint density at radius 2 is 1.86 bits per heavy atom. The van der Waals surface area contributed by atoms with Gasteiger partial charge in [-0.3, -0.25) is 9.59 Å². The second-order valence-corrected chi connectivity index (χ2v) is 5.73. The fraction of sp³-hybridized carbons (Fsp3) is 0.467. The Morgan fingerprint density at radius 3 is 2.52 bits per heavy atom. The molecule has 1 saturated carbocycles. The van der Waals surface area contributed by atoms with Crippen molar-refractivity contribution in [2.45, 2.75) is 32.7 Å². The highest BCUT2D eigenvalue weighted by Crippen LogP contribution is 2.47. The van der Waals surface area contributed by atoms with E-state index in [0.717, 1.165) is 0 Å². The minimum Gasteiger partial charge on any atom is -0.454 e. The standard InChI is InChI=1S/C15H18N2O4/c1-9(2)16-13(18)15(5-6-15)14(19)17-10-3-4-11-12(7-10)21-8-20-11/h3-4,7,9H,5-6,8H2,1-2H3,(H,16,18)(H,17,19). The van der Waals surface area contributed by atoms with Gasteiger partial charge in [0, 0.05) is 17.8 Å². The van der Waals surface area contributed by atoms with E-state index in [1.165, 1.54) is 0 Å². The number of ether oxygens (including phenoxy) is 2. The number of rotatable bonds is 4. The van der Waals surface area contributed by atoms with Gasteiger partial charge in [0.2, 0.25) is 18.6 Å². The molecule has 1 aliphatic heterocycles. The molecule has 0 unspecified atom stereocenters. The average molecular weight is 290 g/mol. The molecule has 6 heteroatoms. The van der Waals surface area contributed by atoms with Crippen molar-refractivity contribution < 1.29 is 19.1 Å². The van der Waals surface area contributed by atoms with Gasteiger partial charge in [0.15, 0.2) is 11.5 Å². The molecule has 1 aromatic carbocycles. The first kappa shape index (κ1) is 13.7. The van der Waals surface area contributed by atoms with E-state index >= 15 is 0 Å². The van der Waals surface area contributed by atoms with Gasteiger partial charge in [0.05, 0.1) is 0 Å². The summed E-state index contributed by atoms with van der Waals surface area (Å²) in [5.74, 6) is 0.797. The highest BCUT2D eigenvalue weighted by atomic mass is 16.7. The smallest absolute Gasteiger partial charge is 0.240 e. The predicted molar refractivity (Wildman–Crippen MR) is 76.1 cm³/mol. The van der Waals surface area contributed by atoms with Crippen LogP contribution in [0.4, 0.5) is 5.69 Å². The maximum atomic E-state index is 12.4. The van der Waals surface area contributed by atoms with Crippen molar-refractivity contribution in [2.24, 2.45) is 5.41 Å². The number of nitrogens with one attached hydrogen (secondary N) is 2. The summed E-state index contributed by atoms with van der Waals surface area (Å²) in [6.07, 6.45) is 1.17. The fourth-order valence-corrected chi connectivity index (χ4v) is 2.31. The average Bonchev–Trinajstić information content (AvgIpc) is 3.11. The third kappa shape index (κ3) is 2.53. The third-order valence-electron chi connectivity index (χ3n) is 3.67. The number of hydrogen-bond acceptors (Lipinski definition) is 4. The molecule has 1 heterocycles. The quantitative estimate of drug-likeness (QED) is 0.827. The number of fused-ring (bicyclic) bond motifs is 1. The number of carbonyl (C=O) groups excluding carboxylic acids is 2. The zero-order valence-electron chi connectivity index (χ0n) is 12.1. The molecule has 112 valence electrons. The third-order valence-corrected chi connectivity index (χ3v) is 3.67. The Morgan fingerprint density at radius 1 is 1.14 bits per heavy atom. The zero-order valence-corrected chi connectivity index (χ0v) is 12.1. The minimum atomic E-state index is -0.916. The number of hydrogen-bond donors (Lipinski definition) is 2. The zero-order chi connectivity index (χ0) is 15.0. The molecule has 1 fully saturated rings. The van der Waals surface area contributed by atoms with Gasteiger partial charge in [-0.05, 0) is 38.8 Å². The van der Waals surface area contributed by atoms with Crippen LogP contribution < -0.4 is 20.1 Å². The maximum absolute atomic E-state index is 12.4. The van der Waals surface area contributed by atoms with Crippen LogP contribution in [0.1, 0.15) is 26.7 Å². The topological polar surface area (TPSA) is 76.7 Å². The van der Waals surface area contributed by atoms with E-state index in [1.807, 2.05) is 13.8 Å². The van der Waals surface area contributed by atoms with E-state index in [4.69, 9.17) is 9.47 Å². The Bertz CT molecular complexity index is 593. The lowest BCUT2D eigenvalue weighted by atomic mass is 10.0. The molecule has 2 amide bonds. The minimum absolute atomic E-state index is 0.0216. The van der Waals surface area contributed by atoms with Gasteiger partial charge in [-0.2, -0.15) is 0 Å². The van der Waals surface area contributed by atoms with Crippen LogP contribution >= 0.6 is 0 Å². The van der Waals surface area contributed by atoms with Crippen molar-refractivity contribution >= 4 is 17.5 Å². The first-order chi connectivity index (χ1) is 10.0. The van der Waals surface area contributed by atoms with E-state index < -0.39 is 5.41 Å². The summed E-state index contributed by atoms with van der Waals surface area (Å²) in [5.41, 5.74) is -0.312. The van der Waals surface area contributed by atoms with Crippen LogP contribution in [0.25, 0.3) is 0 Å². The summed E-state index contributed by atoms with van der Waals surface area (Å²) in [4.78, 5) is 24.5. The molecule has 2 aliphatic rings. The normalized spacial score (nSPS) is 17.5. The van der Waals surface area contributed by atoms with Crippen LogP contribution in [0.3, 0.4) is 0 Å². The van der Waals surface area contributed by atoms with Gasteiger partial charge in [0.25, 0.3) is 0 Å². The highest BCUT2D eigenvalue weighted by Gasteiger charge is 2.56. The molecule has 0 atom stereocenters. The molecule has 2 N–H and O–H groups in total. The van der Waals surface area contributed by atoms with Gasteiger partial charge >= 0.3 is 0 Å². The van der Waals surface area contributed by atoms with E-state index in [0.29, 0.717) is 30.0 Å². The van der Waals surface area contributed by atoms with Gasteiger partial charge in [-0.25, -0.2) is 0 Å². The molecule has 0 aromatic heterocycles. The van der Waals surface area contributed by atoms with Crippen LogP contribution in [-0.4, -0.2) is 24.6 Å². The summed E-state index contributed by atoms with van der Waals surface area (Å²) in [6, 6.07) is 5.21. The first-order valence-electron chi connectivity index (χ1n) is 7.03.